The Morgan fingerprint density at radius 3 is 2.94 bits per heavy atom. The van der Waals surface area contributed by atoms with Gasteiger partial charge in [0, 0.05) is 24.8 Å². The van der Waals surface area contributed by atoms with Crippen LogP contribution in [0.2, 0.25) is 0 Å². The van der Waals surface area contributed by atoms with E-state index in [1.54, 1.807) is 13.1 Å². The van der Waals surface area contributed by atoms with E-state index in [0.717, 1.165) is 13.1 Å². The van der Waals surface area contributed by atoms with Crippen LogP contribution in [-0.4, -0.2) is 34.2 Å². The maximum Gasteiger partial charge on any atom is 0.223 e. The molecule has 2 heterocycles. The second-order valence-electron chi connectivity index (χ2n) is 4.54. The zero-order valence-electron chi connectivity index (χ0n) is 9.81. The van der Waals surface area contributed by atoms with Gasteiger partial charge in [-0.2, -0.15) is 0 Å². The van der Waals surface area contributed by atoms with E-state index in [-0.39, 0.29) is 11.2 Å². The van der Waals surface area contributed by atoms with E-state index < -0.39 is 0 Å². The van der Waals surface area contributed by atoms with E-state index in [1.807, 2.05) is 4.57 Å². The van der Waals surface area contributed by atoms with Crippen LogP contribution in [0.4, 0.5) is 0 Å². The molecule has 0 spiro atoms. The topological polar surface area (TPSA) is 45.5 Å². The van der Waals surface area contributed by atoms with Gasteiger partial charge in [-0.15, -0.1) is 0 Å². The molecule has 0 radical (unpaired) electrons. The van der Waals surface area contributed by atoms with Gasteiger partial charge in [0.25, 0.3) is 0 Å². The number of nitrogens with zero attached hydrogens (tertiary/aromatic N) is 2. The average molecular weight is 222 g/mol. The molecule has 88 valence electrons. The van der Waals surface area contributed by atoms with E-state index in [2.05, 4.69) is 11.9 Å². The molecule has 0 unspecified atom stereocenters. The van der Waals surface area contributed by atoms with Crippen LogP contribution in [0, 0.1) is 6.92 Å². The maximum atomic E-state index is 11.2. The molecule has 1 atom stereocenters. The number of hydrogen-bond donors (Lipinski definition) is 1. The van der Waals surface area contributed by atoms with Gasteiger partial charge in [0.1, 0.15) is 0 Å². The summed E-state index contributed by atoms with van der Waals surface area (Å²) in [7, 11) is 2.12. The van der Waals surface area contributed by atoms with E-state index in [9.17, 15) is 9.90 Å². The lowest BCUT2D eigenvalue weighted by atomic mass is 10.2. The van der Waals surface area contributed by atoms with Crippen LogP contribution < -0.4 is 5.43 Å². The monoisotopic (exact) mass is 222 g/mol. The van der Waals surface area contributed by atoms with Gasteiger partial charge in [-0.25, -0.2) is 0 Å². The molecule has 1 aliphatic heterocycles. The summed E-state index contributed by atoms with van der Waals surface area (Å²) >= 11 is 0. The molecule has 4 nitrogen and oxygen atoms in total. The normalized spacial score (nSPS) is 21.5. The van der Waals surface area contributed by atoms with Gasteiger partial charge in [-0.1, -0.05) is 0 Å². The highest BCUT2D eigenvalue weighted by Crippen LogP contribution is 2.18. The highest BCUT2D eigenvalue weighted by atomic mass is 16.3. The molecule has 0 amide bonds. The summed E-state index contributed by atoms with van der Waals surface area (Å²) in [5.74, 6) is -0.122. The summed E-state index contributed by atoms with van der Waals surface area (Å²) in [5, 5.41) is 9.58. The predicted molar refractivity (Wildman–Crippen MR) is 62.8 cm³/mol. The van der Waals surface area contributed by atoms with Crippen LogP contribution in [0.15, 0.2) is 17.1 Å². The smallest absolute Gasteiger partial charge is 0.223 e. The average Bonchev–Trinajstić information content (AvgIpc) is 2.65. The van der Waals surface area contributed by atoms with Crippen molar-refractivity contribution in [2.24, 2.45) is 0 Å². The van der Waals surface area contributed by atoms with Crippen molar-refractivity contribution >= 4 is 0 Å². The van der Waals surface area contributed by atoms with Crippen molar-refractivity contribution in [1.29, 1.82) is 0 Å². The Labute approximate surface area is 95.1 Å². The molecular formula is C12H18N2O2. The Hall–Kier alpha value is -1.29. The summed E-state index contributed by atoms with van der Waals surface area (Å²) in [4.78, 5) is 13.5. The molecule has 0 aliphatic carbocycles. The first kappa shape index (κ1) is 11.2. The molecule has 2 rings (SSSR count). The number of hydrogen-bond acceptors (Lipinski definition) is 3. The zero-order valence-corrected chi connectivity index (χ0v) is 9.81. The summed E-state index contributed by atoms with van der Waals surface area (Å²) < 4.78 is 1.96. The molecule has 16 heavy (non-hydrogen) atoms. The first-order valence-corrected chi connectivity index (χ1v) is 5.69. The van der Waals surface area contributed by atoms with Crippen molar-refractivity contribution in [3.63, 3.8) is 0 Å². The van der Waals surface area contributed by atoms with Gasteiger partial charge in [-0.05, 0) is 33.4 Å². The van der Waals surface area contributed by atoms with Gasteiger partial charge in [0.15, 0.2) is 5.75 Å². The van der Waals surface area contributed by atoms with Crippen molar-refractivity contribution in [3.05, 3.63) is 28.2 Å². The number of likely N-dealkylation sites (N-methyl/N-ethyl adjacent to an activating group) is 1. The zero-order chi connectivity index (χ0) is 11.7. The summed E-state index contributed by atoms with van der Waals surface area (Å²) in [5.41, 5.74) is 0.362. The molecule has 1 fully saturated rings. The van der Waals surface area contributed by atoms with Gasteiger partial charge >= 0.3 is 0 Å². The molecule has 0 aromatic carbocycles. The Balaban J connectivity index is 2.22. The number of aromatic hydroxyl groups is 1. The minimum Gasteiger partial charge on any atom is -0.503 e. The lowest BCUT2D eigenvalue weighted by Gasteiger charge is -2.22. The molecule has 1 aliphatic rings. The number of aromatic nitrogens is 1. The molecule has 0 bridgehead atoms. The fourth-order valence-electron chi connectivity index (χ4n) is 2.30. The van der Waals surface area contributed by atoms with Gasteiger partial charge < -0.3 is 14.6 Å². The third kappa shape index (κ3) is 1.97. The van der Waals surface area contributed by atoms with E-state index in [4.69, 9.17) is 0 Å². The van der Waals surface area contributed by atoms with Crippen LogP contribution in [0.5, 0.6) is 5.75 Å². The molecule has 4 heteroatoms. The van der Waals surface area contributed by atoms with Crippen molar-refractivity contribution in [2.75, 3.05) is 13.6 Å². The van der Waals surface area contributed by atoms with E-state index >= 15 is 0 Å². The second kappa shape index (κ2) is 4.29. The van der Waals surface area contributed by atoms with Crippen molar-refractivity contribution in [1.82, 2.24) is 9.47 Å². The van der Waals surface area contributed by atoms with Crippen molar-refractivity contribution in [2.45, 2.75) is 32.4 Å². The molecule has 1 saturated heterocycles. The third-order valence-corrected chi connectivity index (χ3v) is 3.49. The van der Waals surface area contributed by atoms with E-state index in [1.165, 1.54) is 18.9 Å². The second-order valence-corrected chi connectivity index (χ2v) is 4.54. The Morgan fingerprint density at radius 1 is 1.56 bits per heavy atom. The lowest BCUT2D eigenvalue weighted by molar-refractivity contribution is 0.279. The van der Waals surface area contributed by atoms with Crippen LogP contribution in [0.1, 0.15) is 18.5 Å². The predicted octanol–water partition coefficient (Wildman–Crippen LogP) is 0.957. The highest BCUT2D eigenvalue weighted by molar-refractivity contribution is 5.25. The third-order valence-electron chi connectivity index (χ3n) is 3.49. The quantitative estimate of drug-likeness (QED) is 0.810. The fourth-order valence-corrected chi connectivity index (χ4v) is 2.30. The summed E-state index contributed by atoms with van der Waals surface area (Å²) in [6.07, 6.45) is 4.18. The summed E-state index contributed by atoms with van der Waals surface area (Å²) in [6.45, 7) is 3.76. The van der Waals surface area contributed by atoms with Gasteiger partial charge in [-0.3, -0.25) is 4.79 Å². The van der Waals surface area contributed by atoms with Crippen LogP contribution in [0.3, 0.4) is 0 Å². The molecule has 1 aromatic heterocycles. The highest BCUT2D eigenvalue weighted by Gasteiger charge is 2.21. The standard InChI is InChI=1S/C12H18N2O2/c1-9-12(16)11(15)5-7-14(9)8-10-4-3-6-13(10)2/h5,7,10,16H,3-4,6,8H2,1-2H3/t10-/m0/s1. The number of rotatable bonds is 2. The SMILES string of the molecule is Cc1c(O)c(=O)ccn1C[C@@H]1CCCN1C. The first-order valence-electron chi connectivity index (χ1n) is 5.69. The van der Waals surface area contributed by atoms with Gasteiger partial charge in [0.05, 0.1) is 5.69 Å². The Kier molecular flexibility index (Phi) is 3.01. The molecule has 0 saturated carbocycles. The largest absolute Gasteiger partial charge is 0.503 e. The summed E-state index contributed by atoms with van der Waals surface area (Å²) in [6, 6.07) is 1.94. The van der Waals surface area contributed by atoms with E-state index in [0.29, 0.717) is 11.7 Å². The molecular weight excluding hydrogens is 204 g/mol. The van der Waals surface area contributed by atoms with Gasteiger partial charge in [0.2, 0.25) is 5.43 Å². The van der Waals surface area contributed by atoms with Crippen LogP contribution in [-0.2, 0) is 6.54 Å². The number of likely N-dealkylation sites (tertiary alicyclic amines) is 1. The Morgan fingerprint density at radius 2 is 2.31 bits per heavy atom. The van der Waals surface area contributed by atoms with Crippen molar-refractivity contribution < 1.29 is 5.11 Å². The minimum atomic E-state index is -0.298. The maximum absolute atomic E-state index is 11.2. The minimum absolute atomic E-state index is 0.122. The van der Waals surface area contributed by atoms with Crippen molar-refractivity contribution in [3.8, 4) is 5.75 Å². The van der Waals surface area contributed by atoms with Crippen LogP contribution >= 0.6 is 0 Å². The fraction of sp³-hybridized carbons (Fsp3) is 0.583. The molecule has 1 N–H and O–H groups in total. The first-order chi connectivity index (χ1) is 7.59. The number of pyridine rings is 1. The van der Waals surface area contributed by atoms with Crippen LogP contribution in [0.25, 0.3) is 0 Å². The Bertz CT molecular complexity index is 439. The molecule has 1 aromatic rings. The lowest BCUT2D eigenvalue weighted by Crippen LogP contribution is -2.30.